The van der Waals surface area contributed by atoms with E-state index in [1.807, 2.05) is 17.5 Å². The van der Waals surface area contributed by atoms with E-state index in [1.165, 1.54) is 10.5 Å². The molecule has 0 aliphatic carbocycles. The van der Waals surface area contributed by atoms with Gasteiger partial charge < -0.3 is 10.2 Å². The fourth-order valence-electron chi connectivity index (χ4n) is 3.16. The van der Waals surface area contributed by atoms with Gasteiger partial charge in [0.1, 0.15) is 6.54 Å². The Hall–Kier alpha value is -2.67. The van der Waals surface area contributed by atoms with E-state index in [4.69, 9.17) is 0 Å². The molecule has 2 unspecified atom stereocenters. The summed E-state index contributed by atoms with van der Waals surface area (Å²) < 4.78 is 0. The molecule has 1 aliphatic rings. The van der Waals surface area contributed by atoms with Gasteiger partial charge in [-0.05, 0) is 34.9 Å². The number of nitrogens with one attached hydrogen (secondary N) is 2. The molecule has 1 saturated heterocycles. The first-order valence-corrected chi connectivity index (χ1v) is 10.4. The van der Waals surface area contributed by atoms with Crippen molar-refractivity contribution in [1.29, 1.82) is 0 Å². The van der Waals surface area contributed by atoms with Crippen LogP contribution in [0.15, 0.2) is 41.8 Å². The summed E-state index contributed by atoms with van der Waals surface area (Å²) in [4.78, 5) is 38.1. The summed E-state index contributed by atoms with van der Waals surface area (Å²) in [6, 6.07) is 11.5. The number of nitrogens with zero attached hydrogens (tertiary/aromatic N) is 1. The topological polar surface area (TPSA) is 78.5 Å². The first-order chi connectivity index (χ1) is 13.5. The molecule has 1 aliphatic heterocycles. The number of benzene rings is 1. The normalized spacial score (nSPS) is 16.4. The molecular weight excluding hydrogens is 374 g/mol. The highest BCUT2D eigenvalue weighted by atomic mass is 32.1. The number of rotatable bonds is 7. The van der Waals surface area contributed by atoms with Gasteiger partial charge in [-0.25, -0.2) is 4.79 Å². The second-order valence-corrected chi connectivity index (χ2v) is 8.00. The highest BCUT2D eigenvalue weighted by Gasteiger charge is 2.26. The highest BCUT2D eigenvalue weighted by Crippen LogP contribution is 2.28. The van der Waals surface area contributed by atoms with Crippen LogP contribution >= 0.6 is 11.3 Å². The molecule has 1 aromatic heterocycles. The maximum absolute atomic E-state index is 12.6. The van der Waals surface area contributed by atoms with Crippen molar-refractivity contribution in [3.63, 3.8) is 0 Å². The van der Waals surface area contributed by atoms with Crippen LogP contribution in [-0.2, 0) is 9.59 Å². The van der Waals surface area contributed by atoms with Gasteiger partial charge in [-0.1, -0.05) is 44.2 Å². The van der Waals surface area contributed by atoms with Crippen LogP contribution in [0.4, 0.5) is 4.79 Å². The largest absolute Gasteiger partial charge is 0.343 e. The van der Waals surface area contributed by atoms with Gasteiger partial charge in [0.15, 0.2) is 0 Å². The molecule has 2 heterocycles. The predicted octanol–water partition coefficient (Wildman–Crippen LogP) is 3.41. The summed E-state index contributed by atoms with van der Waals surface area (Å²) in [5, 5.41) is 7.26. The first-order valence-electron chi connectivity index (χ1n) is 9.49. The molecule has 148 valence electrons. The molecule has 0 bridgehead atoms. The first kappa shape index (κ1) is 20.1. The summed E-state index contributed by atoms with van der Waals surface area (Å²) in [7, 11) is 0. The molecule has 2 aromatic rings. The SMILES string of the molecule is CCC(C)c1ccc(C(NC(=O)CN2CCC(=O)NC2=O)c2cccs2)cc1. The third-order valence-electron chi connectivity index (χ3n) is 5.06. The fourth-order valence-corrected chi connectivity index (χ4v) is 3.96. The molecule has 0 radical (unpaired) electrons. The second kappa shape index (κ2) is 9.01. The summed E-state index contributed by atoms with van der Waals surface area (Å²) in [5.74, 6) is -0.0717. The lowest BCUT2D eigenvalue weighted by Gasteiger charge is -2.27. The van der Waals surface area contributed by atoms with E-state index in [0.29, 0.717) is 5.92 Å². The van der Waals surface area contributed by atoms with E-state index in [-0.39, 0.29) is 37.4 Å². The average molecular weight is 400 g/mol. The van der Waals surface area contributed by atoms with Crippen molar-refractivity contribution in [3.05, 3.63) is 57.8 Å². The van der Waals surface area contributed by atoms with Gasteiger partial charge in [0.05, 0.1) is 6.04 Å². The molecule has 2 atom stereocenters. The number of imide groups is 1. The summed E-state index contributed by atoms with van der Waals surface area (Å²) in [6.45, 7) is 4.54. The summed E-state index contributed by atoms with van der Waals surface area (Å²) >= 11 is 1.58. The molecule has 3 rings (SSSR count). The standard InChI is InChI=1S/C21H25N3O3S/c1-3-14(2)15-6-8-16(9-7-15)20(17-5-4-12-28-17)22-19(26)13-24-11-10-18(25)23-21(24)27/h4-9,12,14,20H,3,10-11,13H2,1-2H3,(H,22,26)(H,23,25,27). The molecule has 0 saturated carbocycles. The summed E-state index contributed by atoms with van der Waals surface area (Å²) in [5.41, 5.74) is 2.28. The van der Waals surface area contributed by atoms with Crippen LogP contribution in [0.2, 0.25) is 0 Å². The van der Waals surface area contributed by atoms with Gasteiger partial charge >= 0.3 is 6.03 Å². The fraction of sp³-hybridized carbons (Fsp3) is 0.381. The second-order valence-electron chi connectivity index (χ2n) is 7.02. The number of thiophene rings is 1. The van der Waals surface area contributed by atoms with Gasteiger partial charge in [-0.15, -0.1) is 11.3 Å². The smallest absolute Gasteiger partial charge is 0.324 e. The molecular formula is C21H25N3O3S. The molecule has 0 spiro atoms. The highest BCUT2D eigenvalue weighted by molar-refractivity contribution is 7.10. The van der Waals surface area contributed by atoms with Crippen LogP contribution in [0.1, 0.15) is 54.7 Å². The van der Waals surface area contributed by atoms with Crippen LogP contribution in [0.3, 0.4) is 0 Å². The lowest BCUT2D eigenvalue weighted by Crippen LogP contribution is -2.52. The van der Waals surface area contributed by atoms with E-state index in [2.05, 4.69) is 48.7 Å². The van der Waals surface area contributed by atoms with E-state index in [9.17, 15) is 14.4 Å². The Kier molecular flexibility index (Phi) is 6.46. The molecule has 1 fully saturated rings. The lowest BCUT2D eigenvalue weighted by molar-refractivity contribution is -0.125. The minimum atomic E-state index is -0.517. The van der Waals surface area contributed by atoms with E-state index in [0.717, 1.165) is 16.9 Å². The van der Waals surface area contributed by atoms with Crippen LogP contribution in [-0.4, -0.2) is 35.8 Å². The van der Waals surface area contributed by atoms with Crippen molar-refractivity contribution >= 4 is 29.2 Å². The van der Waals surface area contributed by atoms with Gasteiger partial charge in [-0.2, -0.15) is 0 Å². The van der Waals surface area contributed by atoms with Gasteiger partial charge in [0.25, 0.3) is 0 Å². The Bertz CT molecular complexity index is 833. The number of carbonyl (C=O) groups is 3. The Morgan fingerprint density at radius 2 is 1.93 bits per heavy atom. The third-order valence-corrected chi connectivity index (χ3v) is 6.00. The predicted molar refractivity (Wildman–Crippen MR) is 109 cm³/mol. The van der Waals surface area contributed by atoms with Crippen LogP contribution in [0.5, 0.6) is 0 Å². The number of carbonyl (C=O) groups excluding carboxylic acids is 3. The van der Waals surface area contributed by atoms with Crippen molar-refractivity contribution in [2.75, 3.05) is 13.1 Å². The third kappa shape index (κ3) is 4.78. The molecule has 4 amide bonds. The zero-order valence-electron chi connectivity index (χ0n) is 16.1. The van der Waals surface area contributed by atoms with Crippen LogP contribution in [0.25, 0.3) is 0 Å². The quantitative estimate of drug-likeness (QED) is 0.749. The number of hydrogen-bond donors (Lipinski definition) is 2. The molecule has 2 N–H and O–H groups in total. The zero-order chi connectivity index (χ0) is 20.1. The Morgan fingerprint density at radius 1 is 1.21 bits per heavy atom. The van der Waals surface area contributed by atoms with E-state index < -0.39 is 6.03 Å². The summed E-state index contributed by atoms with van der Waals surface area (Å²) in [6.07, 6.45) is 1.29. The van der Waals surface area contributed by atoms with Crippen LogP contribution in [0, 0.1) is 0 Å². The van der Waals surface area contributed by atoms with Gasteiger partial charge in [0.2, 0.25) is 11.8 Å². The van der Waals surface area contributed by atoms with Gasteiger partial charge in [-0.3, -0.25) is 14.9 Å². The number of hydrogen-bond acceptors (Lipinski definition) is 4. The number of urea groups is 1. The van der Waals surface area contributed by atoms with Crippen molar-refractivity contribution < 1.29 is 14.4 Å². The monoisotopic (exact) mass is 399 g/mol. The lowest BCUT2D eigenvalue weighted by atomic mass is 9.95. The minimum absolute atomic E-state index is 0.0774. The maximum atomic E-state index is 12.6. The Balaban J connectivity index is 1.73. The van der Waals surface area contributed by atoms with Gasteiger partial charge in [0, 0.05) is 17.8 Å². The van der Waals surface area contributed by atoms with Crippen molar-refractivity contribution in [2.24, 2.45) is 0 Å². The van der Waals surface area contributed by atoms with E-state index >= 15 is 0 Å². The maximum Gasteiger partial charge on any atom is 0.324 e. The molecule has 6 nitrogen and oxygen atoms in total. The minimum Gasteiger partial charge on any atom is -0.343 e. The van der Waals surface area contributed by atoms with Crippen LogP contribution < -0.4 is 10.6 Å². The Morgan fingerprint density at radius 3 is 2.54 bits per heavy atom. The Labute approximate surface area is 168 Å². The molecule has 28 heavy (non-hydrogen) atoms. The molecule has 7 heteroatoms. The van der Waals surface area contributed by atoms with Crippen molar-refractivity contribution in [2.45, 2.75) is 38.6 Å². The average Bonchev–Trinajstić information content (AvgIpc) is 3.22. The van der Waals surface area contributed by atoms with Crippen molar-refractivity contribution in [1.82, 2.24) is 15.5 Å². The number of amides is 4. The van der Waals surface area contributed by atoms with Crippen molar-refractivity contribution in [3.8, 4) is 0 Å². The van der Waals surface area contributed by atoms with E-state index in [1.54, 1.807) is 11.3 Å². The molecule has 1 aromatic carbocycles. The zero-order valence-corrected chi connectivity index (χ0v) is 16.9.